The van der Waals surface area contributed by atoms with E-state index in [1.165, 1.54) is 25.3 Å². The smallest absolute Gasteiger partial charge is 0.416 e. The number of piperazine rings is 1. The van der Waals surface area contributed by atoms with Gasteiger partial charge >= 0.3 is 12.1 Å². The van der Waals surface area contributed by atoms with Crippen molar-refractivity contribution >= 4 is 17.6 Å². The molecule has 3 atom stereocenters. The molecule has 0 spiro atoms. The van der Waals surface area contributed by atoms with E-state index in [4.69, 9.17) is 9.47 Å². The van der Waals surface area contributed by atoms with Crippen LogP contribution in [-0.4, -0.2) is 72.9 Å². The molecule has 0 radical (unpaired) electrons. The predicted molar refractivity (Wildman–Crippen MR) is 146 cm³/mol. The molecule has 2 N–H and O–H groups in total. The van der Waals surface area contributed by atoms with Crippen LogP contribution in [0.15, 0.2) is 36.4 Å². The quantitative estimate of drug-likeness (QED) is 0.429. The fourth-order valence-electron chi connectivity index (χ4n) is 6.24. The SMILES string of the molecule is COc1cc(CNC(=O)[C@@]2(C3CC3)CCC(N3CCN(c4ccc(F)c(C(=O)O)c4)C(C)C3)CO2)cc(C(F)(F)F)c1. The highest BCUT2D eigenvalue weighted by Gasteiger charge is 2.54. The molecule has 1 saturated carbocycles. The first-order valence-electron chi connectivity index (χ1n) is 14.1. The zero-order chi connectivity index (χ0) is 30.2. The Morgan fingerprint density at radius 1 is 1.14 bits per heavy atom. The van der Waals surface area contributed by atoms with Gasteiger partial charge in [-0.1, -0.05) is 0 Å². The Morgan fingerprint density at radius 3 is 2.50 bits per heavy atom. The molecule has 1 aliphatic carbocycles. The monoisotopic (exact) mass is 593 g/mol. The molecule has 2 aliphatic heterocycles. The van der Waals surface area contributed by atoms with E-state index < -0.39 is 29.1 Å². The fourth-order valence-corrected chi connectivity index (χ4v) is 6.24. The summed E-state index contributed by atoms with van der Waals surface area (Å²) in [4.78, 5) is 29.2. The van der Waals surface area contributed by atoms with Crippen molar-refractivity contribution in [1.82, 2.24) is 10.2 Å². The molecule has 2 saturated heterocycles. The maximum Gasteiger partial charge on any atom is 0.416 e. The van der Waals surface area contributed by atoms with Gasteiger partial charge in [-0.3, -0.25) is 9.69 Å². The number of carbonyl (C=O) groups excluding carboxylic acids is 1. The highest BCUT2D eigenvalue weighted by molar-refractivity contribution is 5.89. The van der Waals surface area contributed by atoms with Crippen molar-refractivity contribution in [2.75, 3.05) is 38.3 Å². The Balaban J connectivity index is 1.20. The van der Waals surface area contributed by atoms with Gasteiger partial charge in [0.05, 0.1) is 24.8 Å². The summed E-state index contributed by atoms with van der Waals surface area (Å²) >= 11 is 0. The molecule has 3 aliphatic rings. The number of ether oxygens (including phenoxy) is 2. The number of aromatic carboxylic acids is 1. The van der Waals surface area contributed by atoms with Crippen LogP contribution < -0.4 is 15.0 Å². The predicted octanol–water partition coefficient (Wildman–Crippen LogP) is 4.71. The Kier molecular flexibility index (Phi) is 8.39. The largest absolute Gasteiger partial charge is 0.497 e. The van der Waals surface area contributed by atoms with Gasteiger partial charge in [-0.05, 0) is 80.5 Å². The van der Waals surface area contributed by atoms with E-state index in [-0.39, 0.29) is 47.3 Å². The molecular formula is C30H35F4N3O5. The molecule has 2 heterocycles. The van der Waals surface area contributed by atoms with E-state index in [9.17, 15) is 32.3 Å². The first-order valence-corrected chi connectivity index (χ1v) is 14.1. The second kappa shape index (κ2) is 11.7. The number of hydrogen-bond donors (Lipinski definition) is 2. The number of amides is 1. The van der Waals surface area contributed by atoms with Gasteiger partial charge in [0.15, 0.2) is 0 Å². The van der Waals surface area contributed by atoms with Crippen molar-refractivity contribution in [2.24, 2.45) is 5.92 Å². The molecule has 2 aromatic rings. The highest BCUT2D eigenvalue weighted by Crippen LogP contribution is 2.47. The number of anilines is 1. The van der Waals surface area contributed by atoms with Crippen molar-refractivity contribution in [3.63, 3.8) is 0 Å². The highest BCUT2D eigenvalue weighted by atomic mass is 19.4. The number of carboxylic acid groups (broad SMARTS) is 1. The Bertz CT molecular complexity index is 1320. The summed E-state index contributed by atoms with van der Waals surface area (Å²) in [6, 6.07) is 7.68. The lowest BCUT2D eigenvalue weighted by molar-refractivity contribution is -0.165. The van der Waals surface area contributed by atoms with E-state index in [0.29, 0.717) is 38.3 Å². The lowest BCUT2D eigenvalue weighted by Crippen LogP contribution is -2.60. The summed E-state index contributed by atoms with van der Waals surface area (Å²) in [7, 11) is 1.30. The van der Waals surface area contributed by atoms with Crippen LogP contribution in [0, 0.1) is 11.7 Å². The number of benzene rings is 2. The van der Waals surface area contributed by atoms with Crippen molar-refractivity contribution in [2.45, 2.75) is 63.0 Å². The van der Waals surface area contributed by atoms with Crippen LogP contribution in [0.2, 0.25) is 0 Å². The average Bonchev–Trinajstić information content (AvgIpc) is 3.82. The van der Waals surface area contributed by atoms with Gasteiger partial charge in [-0.2, -0.15) is 13.2 Å². The standard InChI is InChI=1S/C30H35F4N3O5/c1-18-16-36(9-10-37(18)22-5-6-26(31)25(14-22)27(38)39)23-7-8-29(42-17-23,20-3-4-20)28(40)35-15-19-11-21(30(32,33)34)13-24(12-19)41-2/h5-6,11-14,18,20,23H,3-4,7-10,15-17H2,1-2H3,(H,35,40)(H,38,39)/t18?,23?,29-/m0/s1. The van der Waals surface area contributed by atoms with Crippen molar-refractivity contribution in [3.05, 3.63) is 58.9 Å². The third kappa shape index (κ3) is 6.19. The average molecular weight is 594 g/mol. The third-order valence-electron chi connectivity index (χ3n) is 8.67. The molecule has 12 heteroatoms. The topological polar surface area (TPSA) is 91.3 Å². The van der Waals surface area contributed by atoms with Gasteiger partial charge < -0.3 is 24.8 Å². The molecule has 2 aromatic carbocycles. The maximum absolute atomic E-state index is 13.9. The van der Waals surface area contributed by atoms with Gasteiger partial charge in [0.1, 0.15) is 17.2 Å². The molecule has 228 valence electrons. The van der Waals surface area contributed by atoms with Gasteiger partial charge in [0.2, 0.25) is 0 Å². The van der Waals surface area contributed by atoms with E-state index in [0.717, 1.165) is 31.4 Å². The normalized spacial score (nSPS) is 25.2. The molecule has 8 nitrogen and oxygen atoms in total. The molecule has 5 rings (SSSR count). The van der Waals surface area contributed by atoms with Gasteiger partial charge in [0, 0.05) is 44.0 Å². The molecule has 42 heavy (non-hydrogen) atoms. The number of carbonyl (C=O) groups is 2. The van der Waals surface area contributed by atoms with E-state index in [2.05, 4.69) is 15.1 Å². The van der Waals surface area contributed by atoms with Crippen LogP contribution in [0.4, 0.5) is 23.2 Å². The first-order chi connectivity index (χ1) is 19.9. The van der Waals surface area contributed by atoms with Gasteiger partial charge in [0.25, 0.3) is 5.91 Å². The van der Waals surface area contributed by atoms with Gasteiger partial charge in [-0.15, -0.1) is 0 Å². The van der Waals surface area contributed by atoms with Crippen molar-refractivity contribution in [3.8, 4) is 5.75 Å². The Labute approximate surface area is 241 Å². The minimum absolute atomic E-state index is 0.0359. The molecule has 2 unspecified atom stereocenters. The van der Waals surface area contributed by atoms with Crippen LogP contribution in [0.1, 0.15) is 54.1 Å². The Hall–Kier alpha value is -3.38. The van der Waals surface area contributed by atoms with E-state index >= 15 is 0 Å². The fraction of sp³-hybridized carbons (Fsp3) is 0.533. The van der Waals surface area contributed by atoms with Crippen LogP contribution in [-0.2, 0) is 22.3 Å². The summed E-state index contributed by atoms with van der Waals surface area (Å²) in [5.74, 6) is -2.23. The summed E-state index contributed by atoms with van der Waals surface area (Å²) in [6.45, 7) is 4.31. The maximum atomic E-state index is 13.9. The number of carboxylic acids is 1. The van der Waals surface area contributed by atoms with Crippen LogP contribution in [0.25, 0.3) is 0 Å². The Morgan fingerprint density at radius 2 is 1.90 bits per heavy atom. The molecule has 0 bridgehead atoms. The number of hydrogen-bond acceptors (Lipinski definition) is 6. The van der Waals surface area contributed by atoms with Crippen LogP contribution in [0.3, 0.4) is 0 Å². The lowest BCUT2D eigenvalue weighted by Gasteiger charge is -2.48. The lowest BCUT2D eigenvalue weighted by atomic mass is 9.85. The van der Waals surface area contributed by atoms with Crippen molar-refractivity contribution in [1.29, 1.82) is 0 Å². The summed E-state index contributed by atoms with van der Waals surface area (Å²) < 4.78 is 65.3. The number of rotatable bonds is 8. The minimum atomic E-state index is -4.53. The van der Waals surface area contributed by atoms with E-state index in [1.807, 2.05) is 6.92 Å². The number of nitrogens with zero attached hydrogens (tertiary/aromatic N) is 2. The van der Waals surface area contributed by atoms with E-state index in [1.54, 1.807) is 6.07 Å². The van der Waals surface area contributed by atoms with Crippen LogP contribution in [0.5, 0.6) is 5.75 Å². The molecule has 1 amide bonds. The summed E-state index contributed by atoms with van der Waals surface area (Å²) in [6.07, 6.45) is -1.57. The van der Waals surface area contributed by atoms with Crippen LogP contribution >= 0.6 is 0 Å². The first kappa shape index (κ1) is 30.1. The van der Waals surface area contributed by atoms with Crippen molar-refractivity contribution < 1.29 is 41.7 Å². The zero-order valence-corrected chi connectivity index (χ0v) is 23.5. The minimum Gasteiger partial charge on any atom is -0.497 e. The molecule has 3 fully saturated rings. The molecular weight excluding hydrogens is 558 g/mol. The third-order valence-corrected chi connectivity index (χ3v) is 8.67. The number of halogens is 4. The van der Waals surface area contributed by atoms with Gasteiger partial charge in [-0.25, -0.2) is 9.18 Å². The summed E-state index contributed by atoms with van der Waals surface area (Å²) in [5.41, 5.74) is -1.25. The second-order valence-corrected chi connectivity index (χ2v) is 11.4. The zero-order valence-electron chi connectivity index (χ0n) is 23.5. The second-order valence-electron chi connectivity index (χ2n) is 11.4. The summed E-state index contributed by atoms with van der Waals surface area (Å²) in [5, 5.41) is 12.1. The molecule has 0 aromatic heterocycles. The number of nitrogens with one attached hydrogen (secondary N) is 1. The number of alkyl halides is 3. The number of methoxy groups -OCH3 is 1.